The van der Waals surface area contributed by atoms with Crippen LogP contribution in [0.2, 0.25) is 0 Å². The molecule has 4 aliphatic rings. The van der Waals surface area contributed by atoms with Gasteiger partial charge in [0, 0.05) is 42.7 Å². The van der Waals surface area contributed by atoms with E-state index < -0.39 is 0 Å². The Bertz CT molecular complexity index is 1230. The monoisotopic (exact) mass is 524 g/mol. The Labute approximate surface area is 231 Å². The number of hydrogen-bond acceptors (Lipinski definition) is 3. The zero-order chi connectivity index (χ0) is 26.6. The number of fused-ring (bicyclic) bond motifs is 3. The number of benzene rings is 2. The summed E-state index contributed by atoms with van der Waals surface area (Å²) < 4.78 is 0. The Hall–Kier alpha value is -3.54. The molecule has 1 saturated carbocycles. The lowest BCUT2D eigenvalue weighted by Crippen LogP contribution is -2.52. The summed E-state index contributed by atoms with van der Waals surface area (Å²) in [7, 11) is 0. The van der Waals surface area contributed by atoms with Crippen molar-refractivity contribution in [1.82, 2.24) is 15.5 Å². The Morgan fingerprint density at radius 3 is 2.62 bits per heavy atom. The predicted octanol–water partition coefficient (Wildman–Crippen LogP) is 5.60. The maximum Gasteiger partial charge on any atom is 0.315 e. The van der Waals surface area contributed by atoms with Crippen LogP contribution >= 0.6 is 0 Å². The van der Waals surface area contributed by atoms with Crippen LogP contribution in [-0.2, 0) is 11.2 Å². The van der Waals surface area contributed by atoms with Gasteiger partial charge in [0.25, 0.3) is 0 Å². The summed E-state index contributed by atoms with van der Waals surface area (Å²) in [6, 6.07) is 18.8. The average Bonchev–Trinajstić information content (AvgIpc) is 3.43. The van der Waals surface area contributed by atoms with Crippen molar-refractivity contribution < 1.29 is 9.59 Å². The topological polar surface area (TPSA) is 73.5 Å². The van der Waals surface area contributed by atoms with Crippen molar-refractivity contribution in [2.24, 2.45) is 17.8 Å². The van der Waals surface area contributed by atoms with Crippen LogP contribution in [0.1, 0.15) is 55.7 Å². The van der Waals surface area contributed by atoms with Gasteiger partial charge in [-0.25, -0.2) is 4.79 Å². The molecule has 0 spiro atoms. The van der Waals surface area contributed by atoms with E-state index in [-0.39, 0.29) is 29.9 Å². The van der Waals surface area contributed by atoms with Crippen LogP contribution in [0, 0.1) is 17.8 Å². The smallest absolute Gasteiger partial charge is 0.315 e. The van der Waals surface area contributed by atoms with Gasteiger partial charge in [-0.05, 0) is 49.3 Å². The predicted molar refractivity (Wildman–Crippen MR) is 155 cm³/mol. The molecule has 2 aromatic carbocycles. The number of rotatable bonds is 6. The standard InChI is InChI=1S/C33H40N4O2/c38-32(26-16-8-10-18-29(26)36-33(39)34-21-19-23-11-3-1-4-12-23)37-22-20-27-30(24-13-5-2-6-14-24)35-28-17-9-7-15-25(28)31(27)37/h1-7,9,11-13,15,17,24,26-27,29-31,35H,8,10,14,16,18-22H2,(H2,34,36,39)/t24?,26-,27+,29+,30-,31-/m0/s1. The average molecular weight is 525 g/mol. The maximum atomic E-state index is 14.2. The van der Waals surface area contributed by atoms with Gasteiger partial charge in [-0.3, -0.25) is 4.79 Å². The minimum atomic E-state index is -0.171. The SMILES string of the molecule is O=C(NCCc1ccccc1)N[C@@H]1CCCC[C@@H]1C(=O)N1CC[C@@H]2[C@H](C3C=CC=CC3)Nc3ccccc3[C@@H]21. The highest BCUT2D eigenvalue weighted by Gasteiger charge is 2.49. The number of allylic oxidation sites excluding steroid dienone is 3. The second-order valence-electron chi connectivity index (χ2n) is 11.5. The molecule has 2 aliphatic heterocycles. The van der Waals surface area contributed by atoms with Gasteiger partial charge in [-0.1, -0.05) is 85.7 Å². The van der Waals surface area contributed by atoms with E-state index in [1.807, 2.05) is 18.2 Å². The first-order chi connectivity index (χ1) is 19.2. The molecule has 2 fully saturated rings. The normalized spacial score (nSPS) is 29.2. The first-order valence-corrected chi connectivity index (χ1v) is 14.8. The Balaban J connectivity index is 1.15. The van der Waals surface area contributed by atoms with E-state index in [1.54, 1.807) is 0 Å². The highest BCUT2D eigenvalue weighted by molar-refractivity contribution is 5.82. The van der Waals surface area contributed by atoms with Gasteiger partial charge < -0.3 is 20.9 Å². The van der Waals surface area contributed by atoms with Gasteiger partial charge in [0.2, 0.25) is 5.91 Å². The van der Waals surface area contributed by atoms with Crippen LogP contribution in [0.25, 0.3) is 0 Å². The molecular formula is C33H40N4O2. The summed E-state index contributed by atoms with van der Waals surface area (Å²) >= 11 is 0. The van der Waals surface area contributed by atoms with E-state index in [1.165, 1.54) is 11.1 Å². The zero-order valence-corrected chi connectivity index (χ0v) is 22.6. The lowest BCUT2D eigenvalue weighted by Gasteiger charge is -2.44. The molecule has 6 nitrogen and oxygen atoms in total. The van der Waals surface area contributed by atoms with Gasteiger partial charge >= 0.3 is 6.03 Å². The fourth-order valence-electron chi connectivity index (χ4n) is 7.30. The van der Waals surface area contributed by atoms with Gasteiger partial charge in [0.05, 0.1) is 12.0 Å². The maximum absolute atomic E-state index is 14.2. The summed E-state index contributed by atoms with van der Waals surface area (Å²) in [5.41, 5.74) is 3.59. The number of likely N-dealkylation sites (tertiary alicyclic amines) is 1. The van der Waals surface area contributed by atoms with Crippen LogP contribution in [0.15, 0.2) is 78.9 Å². The van der Waals surface area contributed by atoms with Crippen molar-refractivity contribution in [2.45, 2.75) is 63.1 Å². The minimum Gasteiger partial charge on any atom is -0.381 e. The van der Waals surface area contributed by atoms with Crippen molar-refractivity contribution in [2.75, 3.05) is 18.4 Å². The lowest BCUT2D eigenvalue weighted by molar-refractivity contribution is -0.138. The number of carbonyl (C=O) groups excluding carboxylic acids is 2. The number of hydrogen-bond donors (Lipinski definition) is 3. The first-order valence-electron chi connectivity index (χ1n) is 14.8. The molecule has 204 valence electrons. The van der Waals surface area contributed by atoms with Crippen molar-refractivity contribution >= 4 is 17.6 Å². The Kier molecular flexibility index (Phi) is 7.71. The van der Waals surface area contributed by atoms with E-state index in [0.717, 1.165) is 57.2 Å². The fourth-order valence-corrected chi connectivity index (χ4v) is 7.30. The molecule has 3 N–H and O–H groups in total. The number of para-hydroxylation sites is 1. The number of anilines is 1. The molecule has 39 heavy (non-hydrogen) atoms. The minimum absolute atomic E-state index is 0.0848. The van der Waals surface area contributed by atoms with Gasteiger partial charge in [0.15, 0.2) is 0 Å². The molecule has 2 heterocycles. The summed E-state index contributed by atoms with van der Waals surface area (Å²) in [5.74, 6) is 0.845. The highest BCUT2D eigenvalue weighted by Crippen LogP contribution is 2.49. The van der Waals surface area contributed by atoms with Crippen LogP contribution in [0.4, 0.5) is 10.5 Å². The second kappa shape index (κ2) is 11.7. The molecule has 0 bridgehead atoms. The van der Waals surface area contributed by atoms with Crippen LogP contribution in [0.3, 0.4) is 0 Å². The summed E-state index contributed by atoms with van der Waals surface area (Å²) in [5, 5.41) is 10.1. The first kappa shape index (κ1) is 25.7. The van der Waals surface area contributed by atoms with Crippen LogP contribution < -0.4 is 16.0 Å². The number of nitrogens with zero attached hydrogens (tertiary/aromatic N) is 1. The van der Waals surface area contributed by atoms with E-state index in [9.17, 15) is 9.59 Å². The third kappa shape index (κ3) is 5.47. The third-order valence-corrected chi connectivity index (χ3v) is 9.21. The molecule has 2 aromatic rings. The van der Waals surface area contributed by atoms with Gasteiger partial charge in [0.1, 0.15) is 0 Å². The molecule has 6 rings (SSSR count). The number of urea groups is 1. The zero-order valence-electron chi connectivity index (χ0n) is 22.6. The summed E-state index contributed by atoms with van der Waals surface area (Å²) in [4.78, 5) is 29.2. The molecular weight excluding hydrogens is 484 g/mol. The Morgan fingerprint density at radius 2 is 1.77 bits per heavy atom. The summed E-state index contributed by atoms with van der Waals surface area (Å²) in [6.45, 7) is 1.35. The number of carbonyl (C=O) groups is 2. The largest absolute Gasteiger partial charge is 0.381 e. The van der Waals surface area contributed by atoms with Crippen molar-refractivity contribution in [3.05, 3.63) is 90.0 Å². The van der Waals surface area contributed by atoms with Gasteiger partial charge in [-0.2, -0.15) is 0 Å². The van der Waals surface area contributed by atoms with Crippen molar-refractivity contribution in [3.63, 3.8) is 0 Å². The quantitative estimate of drug-likeness (QED) is 0.460. The third-order valence-electron chi connectivity index (χ3n) is 9.21. The molecule has 3 amide bonds. The van der Waals surface area contributed by atoms with E-state index >= 15 is 0 Å². The van der Waals surface area contributed by atoms with E-state index in [2.05, 4.69) is 81.6 Å². The molecule has 0 radical (unpaired) electrons. The van der Waals surface area contributed by atoms with Crippen LogP contribution in [-0.4, -0.2) is 42.0 Å². The lowest BCUT2D eigenvalue weighted by atomic mass is 9.75. The summed E-state index contributed by atoms with van der Waals surface area (Å²) in [6.07, 6.45) is 15.4. The van der Waals surface area contributed by atoms with Crippen molar-refractivity contribution in [1.29, 1.82) is 0 Å². The van der Waals surface area contributed by atoms with E-state index in [0.29, 0.717) is 24.4 Å². The number of amides is 3. The molecule has 1 unspecified atom stereocenters. The molecule has 0 aromatic heterocycles. The Morgan fingerprint density at radius 1 is 0.949 bits per heavy atom. The molecule has 6 heteroatoms. The van der Waals surface area contributed by atoms with Gasteiger partial charge in [-0.15, -0.1) is 0 Å². The molecule has 2 aliphatic carbocycles. The molecule has 6 atom stereocenters. The molecule has 1 saturated heterocycles. The van der Waals surface area contributed by atoms with Crippen LogP contribution in [0.5, 0.6) is 0 Å². The van der Waals surface area contributed by atoms with E-state index in [4.69, 9.17) is 0 Å². The fraction of sp³-hybridized carbons (Fsp3) is 0.455. The van der Waals surface area contributed by atoms with Crippen molar-refractivity contribution in [3.8, 4) is 0 Å². The second-order valence-corrected chi connectivity index (χ2v) is 11.5. The highest BCUT2D eigenvalue weighted by atomic mass is 16.2. The number of nitrogens with one attached hydrogen (secondary N) is 3.